The Balaban J connectivity index is 0.00000242. The molecule has 3 N–H and O–H groups in total. The van der Waals surface area contributed by atoms with Gasteiger partial charge in [-0.1, -0.05) is 0 Å². The smallest absolute Gasteiger partial charge is 0.224 e. The third kappa shape index (κ3) is 4.79. The van der Waals surface area contributed by atoms with Gasteiger partial charge in [0.25, 0.3) is 0 Å². The molecule has 0 bridgehead atoms. The summed E-state index contributed by atoms with van der Waals surface area (Å²) in [7, 11) is -3.37. The second-order valence-corrected chi connectivity index (χ2v) is 7.87. The molecule has 0 aromatic carbocycles. The van der Waals surface area contributed by atoms with Crippen molar-refractivity contribution in [2.24, 2.45) is 11.7 Å². The fraction of sp³-hybridized carbons (Fsp3) is 0.923. The van der Waals surface area contributed by atoms with Crippen molar-refractivity contribution < 1.29 is 17.9 Å². The molecular weight excluding hydrogens is 330 g/mol. The summed E-state index contributed by atoms with van der Waals surface area (Å²) in [6, 6.07) is 0. The van der Waals surface area contributed by atoms with E-state index in [1.165, 1.54) is 4.31 Å². The lowest BCUT2D eigenvalue weighted by Crippen LogP contribution is -2.50. The van der Waals surface area contributed by atoms with Crippen LogP contribution in [0, 0.1) is 5.92 Å². The van der Waals surface area contributed by atoms with E-state index in [9.17, 15) is 13.2 Å². The maximum absolute atomic E-state index is 12.6. The highest BCUT2D eigenvalue weighted by Gasteiger charge is 2.37. The molecule has 0 aromatic rings. The Bertz CT molecular complexity index is 454. The van der Waals surface area contributed by atoms with Crippen molar-refractivity contribution in [3.05, 3.63) is 0 Å². The number of sulfonamides is 1. The molecule has 2 rings (SSSR count). The average molecular weight is 356 g/mol. The van der Waals surface area contributed by atoms with Crippen molar-refractivity contribution >= 4 is 28.3 Å². The van der Waals surface area contributed by atoms with Crippen molar-refractivity contribution in [2.45, 2.75) is 30.9 Å². The highest BCUT2D eigenvalue weighted by Crippen LogP contribution is 2.24. The number of nitrogens with zero attached hydrogens (tertiary/aromatic N) is 1. The molecule has 9 heteroatoms. The third-order valence-electron chi connectivity index (χ3n) is 4.10. The SMILES string of the molecule is Cl.NCCNC(=O)C1CCCN(S(=O)(=O)C2CCCOC2)C1. The van der Waals surface area contributed by atoms with Crippen LogP contribution in [0.25, 0.3) is 0 Å². The quantitative estimate of drug-likeness (QED) is 0.705. The zero-order chi connectivity index (χ0) is 15.3. The zero-order valence-electron chi connectivity index (χ0n) is 12.7. The van der Waals surface area contributed by atoms with E-state index in [2.05, 4.69) is 5.32 Å². The molecule has 7 nitrogen and oxygen atoms in total. The van der Waals surface area contributed by atoms with Gasteiger partial charge in [0, 0.05) is 32.8 Å². The molecule has 2 aliphatic rings. The van der Waals surface area contributed by atoms with Crippen molar-refractivity contribution in [2.75, 3.05) is 39.4 Å². The molecule has 2 aliphatic heterocycles. The van der Waals surface area contributed by atoms with E-state index in [0.717, 1.165) is 12.8 Å². The summed E-state index contributed by atoms with van der Waals surface area (Å²) in [5, 5.41) is 2.28. The van der Waals surface area contributed by atoms with Crippen LogP contribution in [0.2, 0.25) is 0 Å². The molecule has 1 amide bonds. The molecule has 2 unspecified atom stereocenters. The molecule has 2 saturated heterocycles. The summed E-state index contributed by atoms with van der Waals surface area (Å²) in [5.41, 5.74) is 5.37. The van der Waals surface area contributed by atoms with Gasteiger partial charge in [0.05, 0.1) is 17.8 Å². The van der Waals surface area contributed by atoms with Crippen LogP contribution in [0.1, 0.15) is 25.7 Å². The average Bonchev–Trinajstić information content (AvgIpc) is 2.53. The van der Waals surface area contributed by atoms with Gasteiger partial charge < -0.3 is 15.8 Å². The number of piperidine rings is 1. The predicted octanol–water partition coefficient (Wildman–Crippen LogP) is -0.296. The summed E-state index contributed by atoms with van der Waals surface area (Å²) in [5.74, 6) is -0.371. The molecule has 0 spiro atoms. The maximum atomic E-state index is 12.6. The van der Waals surface area contributed by atoms with Crippen molar-refractivity contribution in [1.82, 2.24) is 9.62 Å². The van der Waals surface area contributed by atoms with E-state index < -0.39 is 15.3 Å². The fourth-order valence-corrected chi connectivity index (χ4v) is 4.81. The number of halogens is 1. The van der Waals surface area contributed by atoms with Crippen molar-refractivity contribution in [3.63, 3.8) is 0 Å². The fourth-order valence-electron chi connectivity index (χ4n) is 2.88. The number of carbonyl (C=O) groups is 1. The molecule has 130 valence electrons. The lowest BCUT2D eigenvalue weighted by atomic mass is 9.99. The first-order valence-electron chi connectivity index (χ1n) is 7.60. The topological polar surface area (TPSA) is 102 Å². The van der Waals surface area contributed by atoms with E-state index >= 15 is 0 Å². The van der Waals surface area contributed by atoms with Crippen LogP contribution in [-0.2, 0) is 19.6 Å². The number of rotatable bonds is 5. The van der Waals surface area contributed by atoms with Crippen LogP contribution in [0.15, 0.2) is 0 Å². The molecule has 2 fully saturated rings. The Morgan fingerprint density at radius 2 is 2.09 bits per heavy atom. The first kappa shape index (κ1) is 19.6. The largest absolute Gasteiger partial charge is 0.380 e. The highest BCUT2D eigenvalue weighted by molar-refractivity contribution is 7.89. The Morgan fingerprint density at radius 3 is 2.73 bits per heavy atom. The molecule has 22 heavy (non-hydrogen) atoms. The molecular formula is C13H26ClN3O4S. The summed E-state index contributed by atoms with van der Waals surface area (Å²) < 4.78 is 32.0. The molecule has 0 saturated carbocycles. The van der Waals surface area contributed by atoms with E-state index in [1.807, 2.05) is 0 Å². The number of hydrogen-bond donors (Lipinski definition) is 2. The Hall–Kier alpha value is -0.410. The van der Waals surface area contributed by atoms with Crippen molar-refractivity contribution in [1.29, 1.82) is 0 Å². The van der Waals surface area contributed by atoms with Gasteiger partial charge in [-0.15, -0.1) is 12.4 Å². The number of hydrogen-bond acceptors (Lipinski definition) is 5. The standard InChI is InChI=1S/C13H25N3O4S.ClH/c14-5-6-15-13(17)11-3-1-7-16(9-11)21(18,19)12-4-2-8-20-10-12;/h11-12H,1-10,14H2,(H,15,17);1H. The van der Waals surface area contributed by atoms with Gasteiger partial charge in [-0.2, -0.15) is 0 Å². The van der Waals surface area contributed by atoms with Crippen LogP contribution in [0.5, 0.6) is 0 Å². The second-order valence-electron chi connectivity index (χ2n) is 5.66. The van der Waals surface area contributed by atoms with Crippen molar-refractivity contribution in [3.8, 4) is 0 Å². The minimum Gasteiger partial charge on any atom is -0.380 e. The van der Waals surface area contributed by atoms with Gasteiger partial charge in [-0.05, 0) is 25.7 Å². The lowest BCUT2D eigenvalue weighted by molar-refractivity contribution is -0.126. The second kappa shape index (κ2) is 9.02. The minimum absolute atomic E-state index is 0. The summed E-state index contributed by atoms with van der Waals surface area (Å²) >= 11 is 0. The first-order chi connectivity index (χ1) is 10.1. The van der Waals surface area contributed by atoms with Crippen LogP contribution in [0.4, 0.5) is 0 Å². The lowest BCUT2D eigenvalue weighted by Gasteiger charge is -2.34. The maximum Gasteiger partial charge on any atom is 0.224 e. The van der Waals surface area contributed by atoms with Crippen LogP contribution >= 0.6 is 12.4 Å². The predicted molar refractivity (Wildman–Crippen MR) is 86.4 cm³/mol. The van der Waals surface area contributed by atoms with Crippen LogP contribution < -0.4 is 11.1 Å². The number of carbonyl (C=O) groups excluding carboxylic acids is 1. The molecule has 0 aromatic heterocycles. The van der Waals surface area contributed by atoms with E-state index in [0.29, 0.717) is 39.1 Å². The van der Waals surface area contributed by atoms with Gasteiger partial charge in [-0.3, -0.25) is 4.79 Å². The zero-order valence-corrected chi connectivity index (χ0v) is 14.3. The van der Waals surface area contributed by atoms with Gasteiger partial charge >= 0.3 is 0 Å². The molecule has 2 heterocycles. The Labute approximate surface area is 138 Å². The summed E-state index contributed by atoms with van der Waals surface area (Å²) in [6.45, 7) is 2.49. The molecule has 0 radical (unpaired) electrons. The number of nitrogens with one attached hydrogen (secondary N) is 1. The van der Waals surface area contributed by atoms with Gasteiger partial charge in [0.15, 0.2) is 0 Å². The minimum atomic E-state index is -3.37. The number of nitrogens with two attached hydrogens (primary N) is 1. The summed E-state index contributed by atoms with van der Waals surface area (Å²) in [4.78, 5) is 12.0. The first-order valence-corrected chi connectivity index (χ1v) is 9.10. The number of amides is 1. The highest BCUT2D eigenvalue weighted by atomic mass is 35.5. The van der Waals surface area contributed by atoms with Crippen LogP contribution in [0.3, 0.4) is 0 Å². The van der Waals surface area contributed by atoms with E-state index in [4.69, 9.17) is 10.5 Å². The Morgan fingerprint density at radius 1 is 1.32 bits per heavy atom. The van der Waals surface area contributed by atoms with Gasteiger partial charge in [0.1, 0.15) is 0 Å². The van der Waals surface area contributed by atoms with E-state index in [-0.39, 0.29) is 37.4 Å². The normalized spacial score (nSPS) is 27.0. The number of ether oxygens (including phenoxy) is 1. The van der Waals surface area contributed by atoms with Gasteiger partial charge in [0.2, 0.25) is 15.9 Å². The molecule has 2 atom stereocenters. The third-order valence-corrected chi connectivity index (χ3v) is 6.36. The van der Waals surface area contributed by atoms with E-state index in [1.54, 1.807) is 0 Å². The Kier molecular flexibility index (Phi) is 8.06. The summed E-state index contributed by atoms with van der Waals surface area (Å²) in [6.07, 6.45) is 2.86. The van der Waals surface area contributed by atoms with Gasteiger partial charge in [-0.25, -0.2) is 12.7 Å². The van der Waals surface area contributed by atoms with Crippen LogP contribution in [-0.4, -0.2) is 63.3 Å². The molecule has 0 aliphatic carbocycles. The monoisotopic (exact) mass is 355 g/mol.